The van der Waals surface area contributed by atoms with Crippen LogP contribution in [0.5, 0.6) is 5.75 Å². The molecule has 0 amide bonds. The van der Waals surface area contributed by atoms with E-state index in [0.29, 0.717) is 6.42 Å². The second-order valence-corrected chi connectivity index (χ2v) is 4.57. The molecule has 0 spiro atoms. The molecule has 0 saturated carbocycles. The van der Waals surface area contributed by atoms with Gasteiger partial charge >= 0.3 is 11.9 Å². The Morgan fingerprint density at radius 1 is 1.00 bits per heavy atom. The number of hydrogen-bond acceptors (Lipinski definition) is 5. The lowest BCUT2D eigenvalue weighted by Gasteiger charge is -2.16. The molecular formula is C16H20F2O5. The van der Waals surface area contributed by atoms with Gasteiger partial charge in [0, 0.05) is 5.56 Å². The van der Waals surface area contributed by atoms with Gasteiger partial charge in [-0.1, -0.05) is 13.0 Å². The van der Waals surface area contributed by atoms with Crippen LogP contribution in [0.1, 0.15) is 38.7 Å². The van der Waals surface area contributed by atoms with Crippen molar-refractivity contribution in [1.29, 1.82) is 0 Å². The first-order chi connectivity index (χ1) is 11.0. The summed E-state index contributed by atoms with van der Waals surface area (Å²) >= 11 is 0. The summed E-state index contributed by atoms with van der Waals surface area (Å²) in [5, 5.41) is 0. The van der Waals surface area contributed by atoms with Crippen molar-refractivity contribution in [2.75, 3.05) is 19.8 Å². The fraction of sp³-hybridized carbons (Fsp3) is 0.500. The van der Waals surface area contributed by atoms with Gasteiger partial charge in [-0.3, -0.25) is 9.59 Å². The van der Waals surface area contributed by atoms with Crippen LogP contribution in [0.15, 0.2) is 12.1 Å². The molecule has 128 valence electrons. The van der Waals surface area contributed by atoms with E-state index in [1.807, 2.05) is 6.92 Å². The van der Waals surface area contributed by atoms with Crippen LogP contribution in [0.25, 0.3) is 0 Å². The summed E-state index contributed by atoms with van der Waals surface area (Å²) in [6, 6.07) is 2.30. The van der Waals surface area contributed by atoms with E-state index < -0.39 is 35.1 Å². The first-order valence-electron chi connectivity index (χ1n) is 7.41. The van der Waals surface area contributed by atoms with Gasteiger partial charge in [0.2, 0.25) is 5.82 Å². The number of carbonyl (C=O) groups is 2. The summed E-state index contributed by atoms with van der Waals surface area (Å²) in [4.78, 5) is 23.9. The number of hydrogen-bond donors (Lipinski definition) is 0. The average molecular weight is 330 g/mol. The largest absolute Gasteiger partial charge is 0.490 e. The predicted molar refractivity (Wildman–Crippen MR) is 78.2 cm³/mol. The van der Waals surface area contributed by atoms with Crippen molar-refractivity contribution in [2.45, 2.75) is 33.1 Å². The lowest BCUT2D eigenvalue weighted by atomic mass is 9.98. The van der Waals surface area contributed by atoms with E-state index in [4.69, 9.17) is 14.2 Å². The normalized spacial score (nSPS) is 10.5. The summed E-state index contributed by atoms with van der Waals surface area (Å²) in [6.45, 7) is 5.11. The maximum atomic E-state index is 14.3. The van der Waals surface area contributed by atoms with Crippen LogP contribution in [-0.2, 0) is 19.1 Å². The standard InChI is InChI=1S/C16H20F2O5/c1-4-9-23-11-8-7-10(13(17)14(11)18)12(15(19)21-5-2)16(20)22-6-3/h7-8,12H,4-6,9H2,1-3H3. The van der Waals surface area contributed by atoms with Crippen LogP contribution in [-0.4, -0.2) is 31.8 Å². The van der Waals surface area contributed by atoms with Crippen LogP contribution in [0.4, 0.5) is 8.78 Å². The smallest absolute Gasteiger partial charge is 0.325 e. The van der Waals surface area contributed by atoms with Crippen LogP contribution >= 0.6 is 0 Å². The Bertz CT molecular complexity index is 542. The van der Waals surface area contributed by atoms with Gasteiger partial charge in [-0.25, -0.2) is 4.39 Å². The molecule has 0 aliphatic heterocycles. The maximum absolute atomic E-state index is 14.3. The van der Waals surface area contributed by atoms with Gasteiger partial charge < -0.3 is 14.2 Å². The lowest BCUT2D eigenvalue weighted by molar-refractivity contribution is -0.157. The van der Waals surface area contributed by atoms with Crippen molar-refractivity contribution >= 4 is 11.9 Å². The summed E-state index contributed by atoms with van der Waals surface area (Å²) in [7, 11) is 0. The first-order valence-corrected chi connectivity index (χ1v) is 7.41. The summed E-state index contributed by atoms with van der Waals surface area (Å²) in [5.41, 5.74) is -0.441. The summed E-state index contributed by atoms with van der Waals surface area (Å²) in [5.74, 6) is -6.53. The minimum atomic E-state index is -1.68. The number of ether oxygens (including phenoxy) is 3. The van der Waals surface area contributed by atoms with Gasteiger partial charge in [-0.15, -0.1) is 0 Å². The van der Waals surface area contributed by atoms with Crippen molar-refractivity contribution in [3.05, 3.63) is 29.3 Å². The highest BCUT2D eigenvalue weighted by Gasteiger charge is 2.35. The minimum Gasteiger partial charge on any atom is -0.490 e. The van der Waals surface area contributed by atoms with E-state index in [1.54, 1.807) is 13.8 Å². The molecule has 0 N–H and O–H groups in total. The van der Waals surface area contributed by atoms with E-state index in [9.17, 15) is 18.4 Å². The molecule has 1 aromatic carbocycles. The average Bonchev–Trinajstić information content (AvgIpc) is 2.51. The molecule has 0 bridgehead atoms. The Morgan fingerprint density at radius 2 is 1.57 bits per heavy atom. The zero-order chi connectivity index (χ0) is 17.4. The molecular weight excluding hydrogens is 310 g/mol. The first kappa shape index (κ1) is 18.9. The van der Waals surface area contributed by atoms with E-state index >= 15 is 0 Å². The topological polar surface area (TPSA) is 61.8 Å². The van der Waals surface area contributed by atoms with Crippen LogP contribution in [0, 0.1) is 11.6 Å². The highest BCUT2D eigenvalue weighted by atomic mass is 19.2. The zero-order valence-corrected chi connectivity index (χ0v) is 13.4. The quantitative estimate of drug-likeness (QED) is 0.542. The second kappa shape index (κ2) is 9.07. The van der Waals surface area contributed by atoms with Crippen molar-refractivity contribution in [3.63, 3.8) is 0 Å². The Hall–Kier alpha value is -2.18. The molecule has 0 aromatic heterocycles. The molecule has 23 heavy (non-hydrogen) atoms. The molecule has 5 nitrogen and oxygen atoms in total. The van der Waals surface area contributed by atoms with Crippen LogP contribution < -0.4 is 4.74 Å². The second-order valence-electron chi connectivity index (χ2n) is 4.57. The van der Waals surface area contributed by atoms with Crippen LogP contribution in [0.3, 0.4) is 0 Å². The van der Waals surface area contributed by atoms with Crippen molar-refractivity contribution in [2.24, 2.45) is 0 Å². The molecule has 7 heteroatoms. The maximum Gasteiger partial charge on any atom is 0.325 e. The Kier molecular flexibility index (Phi) is 7.44. The van der Waals surface area contributed by atoms with E-state index in [0.717, 1.165) is 6.07 Å². The fourth-order valence-electron chi connectivity index (χ4n) is 1.89. The predicted octanol–water partition coefficient (Wildman–Crippen LogP) is 2.96. The molecule has 1 rings (SSSR count). The third-order valence-electron chi connectivity index (χ3n) is 2.89. The molecule has 0 radical (unpaired) electrons. The number of benzene rings is 1. The van der Waals surface area contributed by atoms with Crippen molar-refractivity contribution < 1.29 is 32.6 Å². The molecule has 0 unspecified atom stereocenters. The van der Waals surface area contributed by atoms with E-state index in [1.165, 1.54) is 6.07 Å². The lowest BCUT2D eigenvalue weighted by Crippen LogP contribution is -2.27. The Labute approximate surface area is 133 Å². The molecule has 0 heterocycles. The molecule has 0 fully saturated rings. The van der Waals surface area contributed by atoms with E-state index in [2.05, 4.69) is 0 Å². The molecule has 0 saturated heterocycles. The third kappa shape index (κ3) is 4.64. The van der Waals surface area contributed by atoms with Gasteiger partial charge in [-0.05, 0) is 26.3 Å². The summed E-state index contributed by atoms with van der Waals surface area (Å²) in [6.07, 6.45) is 0.622. The Morgan fingerprint density at radius 3 is 2.04 bits per heavy atom. The molecule has 0 aliphatic carbocycles. The van der Waals surface area contributed by atoms with Gasteiger partial charge in [-0.2, -0.15) is 4.39 Å². The number of rotatable bonds is 8. The summed E-state index contributed by atoms with van der Waals surface area (Å²) < 4.78 is 42.9. The number of esters is 2. The third-order valence-corrected chi connectivity index (χ3v) is 2.89. The SMILES string of the molecule is CCCOc1ccc(C(C(=O)OCC)C(=O)OCC)c(F)c1F. The van der Waals surface area contributed by atoms with Gasteiger partial charge in [0.15, 0.2) is 17.5 Å². The van der Waals surface area contributed by atoms with Crippen molar-refractivity contribution in [1.82, 2.24) is 0 Å². The monoisotopic (exact) mass is 330 g/mol. The number of carbonyl (C=O) groups excluding carboxylic acids is 2. The van der Waals surface area contributed by atoms with Crippen LogP contribution in [0.2, 0.25) is 0 Å². The zero-order valence-electron chi connectivity index (χ0n) is 13.4. The van der Waals surface area contributed by atoms with Gasteiger partial charge in [0.25, 0.3) is 0 Å². The molecule has 1 aromatic rings. The van der Waals surface area contributed by atoms with Crippen molar-refractivity contribution in [3.8, 4) is 5.75 Å². The van der Waals surface area contributed by atoms with Gasteiger partial charge in [0.05, 0.1) is 19.8 Å². The highest BCUT2D eigenvalue weighted by Crippen LogP contribution is 2.29. The number of halogens is 2. The Balaban J connectivity index is 3.22. The van der Waals surface area contributed by atoms with E-state index in [-0.39, 0.29) is 25.6 Å². The van der Waals surface area contributed by atoms with Gasteiger partial charge in [0.1, 0.15) is 0 Å². The minimum absolute atomic E-state index is 0.00344. The fourth-order valence-corrected chi connectivity index (χ4v) is 1.89. The molecule has 0 atom stereocenters. The highest BCUT2D eigenvalue weighted by molar-refractivity contribution is 6.00. The molecule has 0 aliphatic rings.